The van der Waals surface area contributed by atoms with Crippen molar-refractivity contribution in [3.05, 3.63) is 60.7 Å². The Hall–Kier alpha value is -1.75. The molecule has 4 heteroatoms. The lowest BCUT2D eigenvalue weighted by atomic mass is 10.1. The standard InChI is InChI=1S/C22H30O3Si/c1-18(15-19(24)16-23)17-25-26(22(2,3)4,20-11-7-5-8-12-20)21-13-9-6-10-14-21/h5-14,16,18-19,24H,15,17H2,1-4H3/t18-,19-/m0/s1. The molecule has 2 aromatic rings. The van der Waals surface area contributed by atoms with Gasteiger partial charge in [-0.15, -0.1) is 0 Å². The zero-order valence-corrected chi connectivity index (χ0v) is 17.2. The van der Waals surface area contributed by atoms with Gasteiger partial charge in [-0.3, -0.25) is 0 Å². The molecule has 0 unspecified atom stereocenters. The molecule has 0 spiro atoms. The Bertz CT molecular complexity index is 640. The van der Waals surface area contributed by atoms with Crippen molar-refractivity contribution in [2.24, 2.45) is 5.92 Å². The van der Waals surface area contributed by atoms with Crippen LogP contribution >= 0.6 is 0 Å². The zero-order valence-electron chi connectivity index (χ0n) is 16.2. The Labute approximate surface area is 158 Å². The number of aldehydes is 1. The minimum Gasteiger partial charge on any atom is -0.407 e. The highest BCUT2D eigenvalue weighted by Crippen LogP contribution is 2.37. The van der Waals surface area contributed by atoms with Gasteiger partial charge in [0.25, 0.3) is 8.32 Å². The van der Waals surface area contributed by atoms with E-state index in [0.29, 0.717) is 19.3 Å². The summed E-state index contributed by atoms with van der Waals surface area (Å²) in [6.07, 6.45) is 0.0915. The maximum absolute atomic E-state index is 10.8. The number of carbonyl (C=O) groups excluding carboxylic acids is 1. The van der Waals surface area contributed by atoms with Crippen LogP contribution in [0, 0.1) is 5.92 Å². The van der Waals surface area contributed by atoms with Crippen molar-refractivity contribution in [1.29, 1.82) is 0 Å². The minimum atomic E-state index is -2.54. The average molecular weight is 371 g/mol. The predicted octanol–water partition coefficient (Wildman–Crippen LogP) is 3.15. The molecule has 0 heterocycles. The monoisotopic (exact) mass is 370 g/mol. The van der Waals surface area contributed by atoms with Gasteiger partial charge >= 0.3 is 0 Å². The van der Waals surface area contributed by atoms with Crippen LogP contribution < -0.4 is 10.4 Å². The first-order valence-corrected chi connectivity index (χ1v) is 11.1. The summed E-state index contributed by atoms with van der Waals surface area (Å²) in [7, 11) is -2.54. The number of rotatable bonds is 8. The van der Waals surface area contributed by atoms with Crippen molar-refractivity contribution in [3.63, 3.8) is 0 Å². The van der Waals surface area contributed by atoms with Crippen molar-refractivity contribution < 1.29 is 14.3 Å². The number of benzene rings is 2. The lowest BCUT2D eigenvalue weighted by Gasteiger charge is -2.43. The Kier molecular flexibility index (Phi) is 6.92. The van der Waals surface area contributed by atoms with E-state index in [1.165, 1.54) is 10.4 Å². The first-order valence-electron chi connectivity index (χ1n) is 9.19. The molecule has 0 saturated heterocycles. The van der Waals surface area contributed by atoms with Crippen LogP contribution in [0.25, 0.3) is 0 Å². The highest BCUT2D eigenvalue weighted by molar-refractivity contribution is 6.99. The molecule has 0 aromatic heterocycles. The fourth-order valence-electron chi connectivity index (χ4n) is 3.56. The molecule has 0 bridgehead atoms. The van der Waals surface area contributed by atoms with Crippen LogP contribution in [0.5, 0.6) is 0 Å². The number of hydrogen-bond acceptors (Lipinski definition) is 3. The first kappa shape index (κ1) is 20.6. The summed E-state index contributed by atoms with van der Waals surface area (Å²) < 4.78 is 6.79. The van der Waals surface area contributed by atoms with Crippen LogP contribution in [0.3, 0.4) is 0 Å². The molecule has 0 aliphatic heterocycles. The zero-order chi connectivity index (χ0) is 19.2. The molecule has 0 aliphatic carbocycles. The third-order valence-corrected chi connectivity index (χ3v) is 9.81. The molecule has 3 nitrogen and oxygen atoms in total. The molecule has 0 amide bonds. The van der Waals surface area contributed by atoms with E-state index in [2.05, 4.69) is 69.3 Å². The number of aliphatic hydroxyl groups excluding tert-OH is 1. The first-order chi connectivity index (χ1) is 12.3. The average Bonchev–Trinajstić information content (AvgIpc) is 2.62. The van der Waals surface area contributed by atoms with Gasteiger partial charge in [0.1, 0.15) is 12.4 Å². The maximum Gasteiger partial charge on any atom is 0.261 e. The molecule has 2 atom stereocenters. The summed E-state index contributed by atoms with van der Waals surface area (Å²) in [5.41, 5.74) is 0. The smallest absolute Gasteiger partial charge is 0.261 e. The number of hydrogen-bond donors (Lipinski definition) is 1. The van der Waals surface area contributed by atoms with E-state index >= 15 is 0 Å². The fourth-order valence-corrected chi connectivity index (χ4v) is 8.25. The minimum absolute atomic E-state index is 0.0707. The van der Waals surface area contributed by atoms with E-state index in [9.17, 15) is 9.90 Å². The van der Waals surface area contributed by atoms with E-state index < -0.39 is 14.4 Å². The Morgan fingerprint density at radius 2 is 1.46 bits per heavy atom. The highest BCUT2D eigenvalue weighted by atomic mass is 28.4. The molecule has 0 aliphatic rings. The van der Waals surface area contributed by atoms with Crippen molar-refractivity contribution in [3.8, 4) is 0 Å². The fraction of sp³-hybridized carbons (Fsp3) is 0.409. The van der Waals surface area contributed by atoms with Crippen molar-refractivity contribution >= 4 is 25.0 Å². The molecular weight excluding hydrogens is 340 g/mol. The lowest BCUT2D eigenvalue weighted by Crippen LogP contribution is -2.66. The molecule has 0 fully saturated rings. The molecule has 0 saturated carbocycles. The third-order valence-electron chi connectivity index (χ3n) is 4.80. The molecule has 2 aromatic carbocycles. The summed E-state index contributed by atoms with van der Waals surface area (Å²) in [6, 6.07) is 21.0. The van der Waals surface area contributed by atoms with Gasteiger partial charge in [-0.25, -0.2) is 0 Å². The number of carbonyl (C=O) groups is 1. The van der Waals surface area contributed by atoms with E-state index in [1.54, 1.807) is 0 Å². The van der Waals surface area contributed by atoms with E-state index in [4.69, 9.17) is 4.43 Å². The van der Waals surface area contributed by atoms with Crippen molar-refractivity contribution in [1.82, 2.24) is 0 Å². The summed E-state index contributed by atoms with van der Waals surface area (Å²) in [4.78, 5) is 10.8. The normalized spacial score (nSPS) is 14.7. The Morgan fingerprint density at radius 3 is 1.85 bits per heavy atom. The number of aliphatic hydroxyl groups is 1. The molecule has 0 radical (unpaired) electrons. The van der Waals surface area contributed by atoms with Crippen molar-refractivity contribution in [2.75, 3.05) is 6.61 Å². The largest absolute Gasteiger partial charge is 0.407 e. The maximum atomic E-state index is 10.8. The second-order valence-electron chi connectivity index (χ2n) is 8.02. The predicted molar refractivity (Wildman–Crippen MR) is 109 cm³/mol. The van der Waals surface area contributed by atoms with Crippen LogP contribution in [-0.2, 0) is 9.22 Å². The van der Waals surface area contributed by atoms with E-state index in [1.807, 2.05) is 19.1 Å². The topological polar surface area (TPSA) is 46.5 Å². The highest BCUT2D eigenvalue weighted by Gasteiger charge is 2.50. The van der Waals surface area contributed by atoms with Crippen LogP contribution in [0.2, 0.25) is 5.04 Å². The van der Waals surface area contributed by atoms with Gasteiger partial charge in [-0.1, -0.05) is 88.4 Å². The molecular formula is C22H30O3Si. The van der Waals surface area contributed by atoms with E-state index in [-0.39, 0.29) is 11.0 Å². The van der Waals surface area contributed by atoms with Gasteiger partial charge in [-0.2, -0.15) is 0 Å². The SMILES string of the molecule is C[C@H](CO[Si](c1ccccc1)(c1ccccc1)C(C)(C)C)C[C@H](O)C=O. The van der Waals surface area contributed by atoms with Gasteiger partial charge in [-0.05, 0) is 27.8 Å². The van der Waals surface area contributed by atoms with Gasteiger partial charge in [0.2, 0.25) is 0 Å². The Morgan fingerprint density at radius 1 is 1.00 bits per heavy atom. The summed E-state index contributed by atoms with van der Waals surface area (Å²) in [6.45, 7) is 9.25. The van der Waals surface area contributed by atoms with Gasteiger partial charge in [0.15, 0.2) is 0 Å². The van der Waals surface area contributed by atoms with Gasteiger partial charge in [0, 0.05) is 6.61 Å². The molecule has 140 valence electrons. The third kappa shape index (κ3) is 4.50. The molecule has 26 heavy (non-hydrogen) atoms. The Balaban J connectivity index is 2.45. The van der Waals surface area contributed by atoms with E-state index in [0.717, 1.165) is 0 Å². The second kappa shape index (κ2) is 8.76. The summed E-state index contributed by atoms with van der Waals surface area (Å²) in [5.74, 6) is 0.0943. The second-order valence-corrected chi connectivity index (χ2v) is 12.3. The van der Waals surface area contributed by atoms with Crippen LogP contribution in [0.4, 0.5) is 0 Å². The van der Waals surface area contributed by atoms with Crippen LogP contribution in [-0.4, -0.2) is 32.4 Å². The van der Waals surface area contributed by atoms with Gasteiger partial charge < -0.3 is 14.3 Å². The van der Waals surface area contributed by atoms with Crippen LogP contribution in [0.1, 0.15) is 34.1 Å². The molecule has 2 rings (SSSR count). The van der Waals surface area contributed by atoms with Crippen LogP contribution in [0.15, 0.2) is 60.7 Å². The summed E-state index contributed by atoms with van der Waals surface area (Å²) in [5, 5.41) is 12.0. The van der Waals surface area contributed by atoms with Crippen molar-refractivity contribution in [2.45, 2.75) is 45.3 Å². The molecule has 1 N–H and O–H groups in total. The van der Waals surface area contributed by atoms with Gasteiger partial charge in [0.05, 0.1) is 0 Å². The quantitative estimate of drug-likeness (QED) is 0.573. The lowest BCUT2D eigenvalue weighted by molar-refractivity contribution is -0.115. The summed E-state index contributed by atoms with van der Waals surface area (Å²) >= 11 is 0.